The summed E-state index contributed by atoms with van der Waals surface area (Å²) in [6, 6.07) is 20.4. The summed E-state index contributed by atoms with van der Waals surface area (Å²) in [5.74, 6) is 0.295. The Morgan fingerprint density at radius 3 is 2.31 bits per heavy atom. The van der Waals surface area contributed by atoms with Gasteiger partial charge in [-0.05, 0) is 41.8 Å². The predicted octanol–water partition coefficient (Wildman–Crippen LogP) is 5.24. The van der Waals surface area contributed by atoms with Gasteiger partial charge < -0.3 is 19.5 Å². The van der Waals surface area contributed by atoms with Crippen molar-refractivity contribution in [3.63, 3.8) is 0 Å². The number of hydrogen-bond acceptors (Lipinski definition) is 5. The van der Waals surface area contributed by atoms with Gasteiger partial charge in [-0.3, -0.25) is 9.89 Å². The number of methoxy groups -OCH3 is 2. The molecule has 1 amide bonds. The summed E-state index contributed by atoms with van der Waals surface area (Å²) in [7, 11) is 2.96. The van der Waals surface area contributed by atoms with Gasteiger partial charge in [0.15, 0.2) is 11.5 Å². The van der Waals surface area contributed by atoms with Crippen molar-refractivity contribution in [2.45, 2.75) is 12.5 Å². The number of amides is 1. The Morgan fingerprint density at radius 1 is 1.03 bits per heavy atom. The SMILES string of the molecule is COc1cc(C2c3c(-c4ccc(Cl)cc4)n[nH]c3C(=O)N2CCc2ccccc2)cc(OC)c1O. The fourth-order valence-electron chi connectivity index (χ4n) is 4.57. The highest BCUT2D eigenvalue weighted by Gasteiger charge is 2.42. The van der Waals surface area contributed by atoms with Crippen molar-refractivity contribution in [3.05, 3.63) is 94.1 Å². The molecule has 1 atom stereocenters. The molecule has 178 valence electrons. The number of fused-ring (bicyclic) bond motifs is 1. The standard InChI is InChI=1S/C27H24ClN3O4/c1-34-20-14-18(15-21(35-2)26(20)32)25-22-23(17-8-10-19(28)11-9-17)29-30-24(22)27(33)31(25)13-12-16-6-4-3-5-7-16/h3-11,14-15,25,32H,12-13H2,1-2H3,(H,29,30). The average Bonchev–Trinajstić information content (AvgIpc) is 3.43. The van der Waals surface area contributed by atoms with Crippen molar-refractivity contribution in [3.8, 4) is 28.5 Å². The largest absolute Gasteiger partial charge is 0.502 e. The molecule has 0 aliphatic carbocycles. The number of phenolic OH excluding ortho intramolecular Hbond substituents is 1. The maximum absolute atomic E-state index is 13.6. The number of carbonyl (C=O) groups is 1. The minimum Gasteiger partial charge on any atom is -0.502 e. The molecule has 4 aromatic rings. The summed E-state index contributed by atoms with van der Waals surface area (Å²) in [5, 5.41) is 18.5. The third-order valence-electron chi connectivity index (χ3n) is 6.28. The summed E-state index contributed by atoms with van der Waals surface area (Å²) in [5.41, 5.74) is 4.59. The number of benzene rings is 3. The number of nitrogens with zero attached hydrogens (tertiary/aromatic N) is 2. The molecule has 2 N–H and O–H groups in total. The van der Waals surface area contributed by atoms with Crippen LogP contribution in [0.5, 0.6) is 17.2 Å². The molecule has 1 unspecified atom stereocenters. The van der Waals surface area contributed by atoms with Crippen LogP contribution in [0.2, 0.25) is 5.02 Å². The maximum atomic E-state index is 13.6. The second-order valence-corrected chi connectivity index (χ2v) is 8.71. The summed E-state index contributed by atoms with van der Waals surface area (Å²) >= 11 is 6.10. The smallest absolute Gasteiger partial charge is 0.273 e. The van der Waals surface area contributed by atoms with Crippen LogP contribution in [0.3, 0.4) is 0 Å². The summed E-state index contributed by atoms with van der Waals surface area (Å²) in [6.07, 6.45) is 0.684. The van der Waals surface area contributed by atoms with Gasteiger partial charge in [0.05, 0.1) is 26.0 Å². The van der Waals surface area contributed by atoms with Crippen LogP contribution in [0.25, 0.3) is 11.3 Å². The molecule has 1 aromatic heterocycles. The van der Waals surface area contributed by atoms with Crippen LogP contribution in [0.15, 0.2) is 66.7 Å². The van der Waals surface area contributed by atoms with Gasteiger partial charge in [-0.2, -0.15) is 5.10 Å². The first-order chi connectivity index (χ1) is 17.0. The van der Waals surface area contributed by atoms with E-state index in [1.165, 1.54) is 14.2 Å². The highest BCUT2D eigenvalue weighted by molar-refractivity contribution is 6.30. The van der Waals surface area contributed by atoms with E-state index in [9.17, 15) is 9.90 Å². The summed E-state index contributed by atoms with van der Waals surface area (Å²) < 4.78 is 10.8. The minimum absolute atomic E-state index is 0.0933. The van der Waals surface area contributed by atoms with E-state index in [1.54, 1.807) is 24.3 Å². The van der Waals surface area contributed by atoms with Gasteiger partial charge in [0.1, 0.15) is 5.69 Å². The molecule has 0 spiro atoms. The highest BCUT2D eigenvalue weighted by atomic mass is 35.5. The number of ether oxygens (including phenoxy) is 2. The van der Waals surface area contributed by atoms with Gasteiger partial charge in [0, 0.05) is 22.7 Å². The van der Waals surface area contributed by atoms with Crippen LogP contribution in [0.4, 0.5) is 0 Å². The van der Waals surface area contributed by atoms with Gasteiger partial charge in [-0.1, -0.05) is 54.1 Å². The van der Waals surface area contributed by atoms with Gasteiger partial charge in [0.2, 0.25) is 5.75 Å². The number of aromatic amines is 1. The molecule has 7 nitrogen and oxygen atoms in total. The van der Waals surface area contributed by atoms with E-state index >= 15 is 0 Å². The Kier molecular flexibility index (Phi) is 6.09. The number of phenols is 1. The predicted molar refractivity (Wildman–Crippen MR) is 133 cm³/mol. The highest BCUT2D eigenvalue weighted by Crippen LogP contribution is 2.47. The first-order valence-corrected chi connectivity index (χ1v) is 11.5. The van der Waals surface area contributed by atoms with Crippen LogP contribution in [0.1, 0.15) is 33.2 Å². The Balaban J connectivity index is 1.64. The second-order valence-electron chi connectivity index (χ2n) is 8.28. The second kappa shape index (κ2) is 9.35. The van der Waals surface area contributed by atoms with Crippen LogP contribution in [-0.4, -0.2) is 46.9 Å². The third kappa shape index (κ3) is 4.08. The minimum atomic E-state index is -0.464. The summed E-state index contributed by atoms with van der Waals surface area (Å²) in [6.45, 7) is 0.488. The molecular formula is C27H24ClN3O4. The van der Waals surface area contributed by atoms with Gasteiger partial charge in [-0.15, -0.1) is 0 Å². The number of aromatic nitrogens is 2. The van der Waals surface area contributed by atoms with Gasteiger partial charge in [0.25, 0.3) is 5.91 Å². The molecule has 0 saturated carbocycles. The van der Waals surface area contributed by atoms with Crippen molar-refractivity contribution in [2.75, 3.05) is 20.8 Å². The number of hydrogen-bond donors (Lipinski definition) is 2. The summed E-state index contributed by atoms with van der Waals surface area (Å²) in [4.78, 5) is 15.4. The fourth-order valence-corrected chi connectivity index (χ4v) is 4.69. The molecular weight excluding hydrogens is 466 g/mol. The maximum Gasteiger partial charge on any atom is 0.273 e. The normalized spacial score (nSPS) is 14.8. The van der Waals surface area contributed by atoms with Crippen molar-refractivity contribution in [1.82, 2.24) is 15.1 Å². The molecule has 1 aliphatic rings. The first-order valence-electron chi connectivity index (χ1n) is 11.2. The van der Waals surface area contributed by atoms with E-state index in [1.807, 2.05) is 47.4 Å². The zero-order valence-electron chi connectivity index (χ0n) is 19.3. The van der Waals surface area contributed by atoms with Gasteiger partial charge >= 0.3 is 0 Å². The lowest BCUT2D eigenvalue weighted by atomic mass is 9.95. The molecule has 0 radical (unpaired) electrons. The van der Waals surface area contributed by atoms with Crippen LogP contribution in [0, 0.1) is 0 Å². The number of H-pyrrole nitrogens is 1. The van der Waals surface area contributed by atoms with E-state index in [-0.39, 0.29) is 23.2 Å². The van der Waals surface area contributed by atoms with E-state index in [4.69, 9.17) is 21.1 Å². The quantitative estimate of drug-likeness (QED) is 0.370. The van der Waals surface area contributed by atoms with E-state index in [2.05, 4.69) is 10.2 Å². The Morgan fingerprint density at radius 2 is 1.69 bits per heavy atom. The molecule has 0 saturated heterocycles. The lowest BCUT2D eigenvalue weighted by molar-refractivity contribution is 0.0745. The van der Waals surface area contributed by atoms with Crippen LogP contribution in [-0.2, 0) is 6.42 Å². The fraction of sp³-hybridized carbons (Fsp3) is 0.185. The first kappa shape index (κ1) is 22.8. The van der Waals surface area contributed by atoms with Crippen molar-refractivity contribution in [2.24, 2.45) is 0 Å². The molecule has 5 rings (SSSR count). The molecule has 2 heterocycles. The lowest BCUT2D eigenvalue weighted by Gasteiger charge is -2.27. The molecule has 3 aromatic carbocycles. The Bertz CT molecular complexity index is 1340. The van der Waals surface area contributed by atoms with Crippen molar-refractivity contribution in [1.29, 1.82) is 0 Å². The average molecular weight is 490 g/mol. The molecule has 35 heavy (non-hydrogen) atoms. The number of aromatic hydroxyl groups is 1. The van der Waals surface area contributed by atoms with E-state index < -0.39 is 6.04 Å². The zero-order valence-corrected chi connectivity index (χ0v) is 20.0. The Labute approximate surface area is 207 Å². The van der Waals surface area contributed by atoms with Crippen LogP contribution < -0.4 is 9.47 Å². The molecule has 0 fully saturated rings. The number of nitrogens with one attached hydrogen (secondary N) is 1. The number of halogens is 1. The number of carbonyl (C=O) groups excluding carboxylic acids is 1. The lowest BCUT2D eigenvalue weighted by Crippen LogP contribution is -2.31. The van der Waals surface area contributed by atoms with Crippen molar-refractivity contribution < 1.29 is 19.4 Å². The van der Waals surface area contributed by atoms with Crippen molar-refractivity contribution >= 4 is 17.5 Å². The topological polar surface area (TPSA) is 87.7 Å². The van der Waals surface area contributed by atoms with Crippen LogP contribution >= 0.6 is 11.6 Å². The van der Waals surface area contributed by atoms with Gasteiger partial charge in [-0.25, -0.2) is 0 Å². The number of rotatable bonds is 7. The van der Waals surface area contributed by atoms with E-state index in [0.29, 0.717) is 29.4 Å². The third-order valence-corrected chi connectivity index (χ3v) is 6.54. The molecule has 1 aliphatic heterocycles. The monoisotopic (exact) mass is 489 g/mol. The van der Waals surface area contributed by atoms with E-state index in [0.717, 1.165) is 22.3 Å². The zero-order chi connectivity index (χ0) is 24.5. The Hall–Kier alpha value is -3.97. The molecule has 8 heteroatoms. The molecule has 0 bridgehead atoms.